The summed E-state index contributed by atoms with van der Waals surface area (Å²) in [6, 6.07) is 0. The van der Waals surface area contributed by atoms with Crippen molar-refractivity contribution in [1.82, 2.24) is 9.97 Å². The van der Waals surface area contributed by atoms with E-state index in [1.807, 2.05) is 0 Å². The molecular weight excluding hydrogens is 252 g/mol. The molecule has 0 saturated heterocycles. The Balaban J connectivity index is 2.82. The molecule has 0 aliphatic rings. The van der Waals surface area contributed by atoms with Gasteiger partial charge < -0.3 is 25.5 Å². The third-order valence-electron chi connectivity index (χ3n) is 2.80. The molecule has 0 radical (unpaired) electrons. The van der Waals surface area contributed by atoms with Gasteiger partial charge in [0, 0.05) is 12.6 Å². The third kappa shape index (κ3) is 4.48. The zero-order valence-corrected chi connectivity index (χ0v) is 10.9. The van der Waals surface area contributed by atoms with Crippen LogP contribution >= 0.6 is 0 Å². The highest BCUT2D eigenvalue weighted by atomic mass is 16.4. The molecule has 108 valence electrons. The van der Waals surface area contributed by atoms with Gasteiger partial charge in [-0.3, -0.25) is 9.97 Å². The zero-order chi connectivity index (χ0) is 14.6. The minimum Gasteiger partial charge on any atom is -0.391 e. The number of rotatable bonds is 6. The van der Waals surface area contributed by atoms with Gasteiger partial charge >= 0.3 is 0 Å². The summed E-state index contributed by atoms with van der Waals surface area (Å²) < 4.78 is 0. The second-order valence-electron chi connectivity index (χ2n) is 4.62. The van der Waals surface area contributed by atoms with Crippen LogP contribution in [0.25, 0.3) is 0 Å². The van der Waals surface area contributed by atoms with E-state index < -0.39 is 30.5 Å². The van der Waals surface area contributed by atoms with Crippen LogP contribution in [0, 0.1) is 0 Å². The highest BCUT2D eigenvalue weighted by Gasteiger charge is 2.24. The lowest BCUT2D eigenvalue weighted by molar-refractivity contribution is -0.0550. The van der Waals surface area contributed by atoms with E-state index in [2.05, 4.69) is 9.97 Å². The van der Waals surface area contributed by atoms with E-state index in [9.17, 15) is 25.5 Å². The predicted molar refractivity (Wildman–Crippen MR) is 66.1 cm³/mol. The molecule has 1 heterocycles. The molecule has 0 fully saturated rings. The van der Waals surface area contributed by atoms with Gasteiger partial charge in [-0.2, -0.15) is 0 Å². The van der Waals surface area contributed by atoms with Crippen LogP contribution in [0.1, 0.15) is 31.3 Å². The van der Waals surface area contributed by atoms with Crippen LogP contribution < -0.4 is 0 Å². The monoisotopic (exact) mass is 272 g/mol. The van der Waals surface area contributed by atoms with E-state index in [0.717, 1.165) is 0 Å². The fourth-order valence-electron chi connectivity index (χ4n) is 1.49. The summed E-state index contributed by atoms with van der Waals surface area (Å²) in [5.41, 5.74) is 0.478. The quantitative estimate of drug-likeness (QED) is 0.428. The van der Waals surface area contributed by atoms with Gasteiger partial charge in [0.2, 0.25) is 0 Å². The molecule has 1 aromatic rings. The molecule has 0 aromatic carbocycles. The van der Waals surface area contributed by atoms with Crippen molar-refractivity contribution in [2.75, 3.05) is 0 Å². The van der Waals surface area contributed by atoms with Crippen LogP contribution in [-0.2, 0) is 6.42 Å². The fraction of sp³-hybridized carbons (Fsp3) is 0.667. The maximum atomic E-state index is 9.80. The molecular formula is C12H20N2O5. The van der Waals surface area contributed by atoms with Crippen LogP contribution in [0.3, 0.4) is 0 Å². The van der Waals surface area contributed by atoms with Crippen molar-refractivity contribution in [1.29, 1.82) is 0 Å². The van der Waals surface area contributed by atoms with Crippen LogP contribution in [0.4, 0.5) is 0 Å². The van der Waals surface area contributed by atoms with Gasteiger partial charge in [-0.1, -0.05) is 0 Å². The van der Waals surface area contributed by atoms with Crippen molar-refractivity contribution in [3.8, 4) is 0 Å². The molecule has 0 aliphatic carbocycles. The topological polar surface area (TPSA) is 127 Å². The zero-order valence-electron chi connectivity index (χ0n) is 10.9. The Labute approximate surface area is 111 Å². The van der Waals surface area contributed by atoms with E-state index in [-0.39, 0.29) is 12.1 Å². The number of hydrogen-bond acceptors (Lipinski definition) is 7. The highest BCUT2D eigenvalue weighted by molar-refractivity contribution is 5.08. The number of nitrogens with zero attached hydrogens (tertiary/aromatic N) is 2. The molecule has 0 aliphatic heterocycles. The first-order chi connectivity index (χ1) is 8.82. The summed E-state index contributed by atoms with van der Waals surface area (Å²) in [5.74, 6) is 0. The fourth-order valence-corrected chi connectivity index (χ4v) is 1.49. The van der Waals surface area contributed by atoms with Crippen LogP contribution in [0.5, 0.6) is 0 Å². The molecule has 0 amide bonds. The van der Waals surface area contributed by atoms with Crippen molar-refractivity contribution in [3.63, 3.8) is 0 Å². The summed E-state index contributed by atoms with van der Waals surface area (Å²) in [5, 5.41) is 47.3. The first-order valence-electron chi connectivity index (χ1n) is 6.04. The number of aliphatic hydroxyl groups excluding tert-OH is 5. The van der Waals surface area contributed by atoms with E-state index in [1.165, 1.54) is 26.2 Å². The molecule has 19 heavy (non-hydrogen) atoms. The van der Waals surface area contributed by atoms with Gasteiger partial charge in [-0.05, 0) is 13.8 Å². The SMILES string of the molecule is C[C@H](O)[C@@H](O)[C@@H](O)c1cncc(C[C@H](O)[C@H](C)O)n1. The Kier molecular flexibility index (Phi) is 5.77. The Morgan fingerprint density at radius 1 is 1.00 bits per heavy atom. The molecule has 7 heteroatoms. The Morgan fingerprint density at radius 2 is 1.63 bits per heavy atom. The molecule has 0 spiro atoms. The summed E-state index contributed by atoms with van der Waals surface area (Å²) in [6.07, 6.45) is -2.98. The lowest BCUT2D eigenvalue weighted by Crippen LogP contribution is -2.31. The van der Waals surface area contributed by atoms with E-state index in [0.29, 0.717) is 5.69 Å². The third-order valence-corrected chi connectivity index (χ3v) is 2.80. The first-order valence-corrected chi connectivity index (χ1v) is 6.04. The van der Waals surface area contributed by atoms with Crippen LogP contribution in [0.2, 0.25) is 0 Å². The van der Waals surface area contributed by atoms with Gasteiger partial charge in [0.1, 0.15) is 12.2 Å². The average Bonchev–Trinajstić information content (AvgIpc) is 2.37. The number of aliphatic hydroxyl groups is 5. The second kappa shape index (κ2) is 6.88. The van der Waals surface area contributed by atoms with Crippen molar-refractivity contribution in [2.24, 2.45) is 0 Å². The lowest BCUT2D eigenvalue weighted by Gasteiger charge is -2.20. The molecule has 0 bridgehead atoms. The summed E-state index contributed by atoms with van der Waals surface area (Å²) in [7, 11) is 0. The molecule has 0 saturated carbocycles. The molecule has 5 N–H and O–H groups in total. The summed E-state index contributed by atoms with van der Waals surface area (Å²) >= 11 is 0. The Bertz CT molecular complexity index is 399. The minimum absolute atomic E-state index is 0.0794. The molecule has 0 unspecified atom stereocenters. The Hall–Kier alpha value is -1.12. The molecule has 1 rings (SSSR count). The summed E-state index contributed by atoms with van der Waals surface area (Å²) in [4.78, 5) is 7.90. The predicted octanol–water partition coefficient (Wildman–Crippen LogP) is -1.46. The Morgan fingerprint density at radius 3 is 2.16 bits per heavy atom. The van der Waals surface area contributed by atoms with Gasteiger partial charge in [0.25, 0.3) is 0 Å². The van der Waals surface area contributed by atoms with Crippen molar-refractivity contribution in [2.45, 2.75) is 50.8 Å². The summed E-state index contributed by atoms with van der Waals surface area (Å²) in [6.45, 7) is 2.80. The second-order valence-corrected chi connectivity index (χ2v) is 4.62. The van der Waals surface area contributed by atoms with Gasteiger partial charge in [-0.25, -0.2) is 0 Å². The molecule has 1 aromatic heterocycles. The maximum absolute atomic E-state index is 9.80. The highest BCUT2D eigenvalue weighted by Crippen LogP contribution is 2.17. The standard InChI is InChI=1S/C12H20N2O5/c1-6(15)10(17)3-8-4-13-5-9(14-8)12(19)11(18)7(2)16/h4-7,10-12,15-19H,3H2,1-2H3/t6-,7-,10-,11+,12-/m0/s1. The normalized spacial score (nSPS) is 19.5. The number of aromatic nitrogens is 2. The number of hydrogen-bond donors (Lipinski definition) is 5. The van der Waals surface area contributed by atoms with E-state index in [4.69, 9.17) is 0 Å². The lowest BCUT2D eigenvalue weighted by atomic mass is 10.1. The van der Waals surface area contributed by atoms with Gasteiger partial charge in [0.05, 0.1) is 35.9 Å². The van der Waals surface area contributed by atoms with Crippen molar-refractivity contribution in [3.05, 3.63) is 23.8 Å². The smallest absolute Gasteiger partial charge is 0.126 e. The largest absolute Gasteiger partial charge is 0.391 e. The minimum atomic E-state index is -1.37. The molecule has 7 nitrogen and oxygen atoms in total. The van der Waals surface area contributed by atoms with Crippen LogP contribution in [-0.4, -0.2) is 59.9 Å². The van der Waals surface area contributed by atoms with Gasteiger partial charge in [-0.15, -0.1) is 0 Å². The molecule has 5 atom stereocenters. The average molecular weight is 272 g/mol. The maximum Gasteiger partial charge on any atom is 0.126 e. The van der Waals surface area contributed by atoms with Gasteiger partial charge in [0.15, 0.2) is 0 Å². The van der Waals surface area contributed by atoms with Crippen LogP contribution in [0.15, 0.2) is 12.4 Å². The van der Waals surface area contributed by atoms with Crippen molar-refractivity contribution < 1.29 is 25.5 Å². The van der Waals surface area contributed by atoms with Crippen molar-refractivity contribution >= 4 is 0 Å². The first kappa shape index (κ1) is 15.9. The van der Waals surface area contributed by atoms with E-state index >= 15 is 0 Å². The van der Waals surface area contributed by atoms with E-state index in [1.54, 1.807) is 0 Å².